The second-order valence-electron chi connectivity index (χ2n) is 10.0. The summed E-state index contributed by atoms with van der Waals surface area (Å²) >= 11 is 0. The van der Waals surface area contributed by atoms with Gasteiger partial charge in [-0.2, -0.15) is 0 Å². The Balaban J connectivity index is 1.57. The molecule has 0 unspecified atom stereocenters. The van der Waals surface area contributed by atoms with Crippen LogP contribution < -0.4 is 9.80 Å². The molecular formula is C34H32N2O8. The lowest BCUT2D eigenvalue weighted by atomic mass is 10.1. The standard InChI is InChI=1S/C34H32N2O8/c37-31(38)21-1-9-25(10-2-21)35(26-11-3-22(4-12-26)32(39)40)29-17-19-30(20-18-29)36(27-13-5-23(6-14-27)33(41)42)28-15-7-24(8-16-28)34(43)44/h1-20,31-34,37-44H. The Bertz CT molecular complexity index is 1410. The topological polar surface area (TPSA) is 168 Å². The van der Waals surface area contributed by atoms with Crippen LogP contribution >= 0.6 is 0 Å². The molecule has 10 nitrogen and oxygen atoms in total. The fraction of sp³-hybridized carbons (Fsp3) is 0.118. The third-order valence-corrected chi connectivity index (χ3v) is 7.16. The van der Waals surface area contributed by atoms with Crippen molar-refractivity contribution in [3.05, 3.63) is 144 Å². The van der Waals surface area contributed by atoms with Crippen LogP contribution in [0.3, 0.4) is 0 Å². The molecule has 0 saturated heterocycles. The Morgan fingerprint density at radius 2 is 0.386 bits per heavy atom. The smallest absolute Gasteiger partial charge is 0.178 e. The van der Waals surface area contributed by atoms with E-state index in [9.17, 15) is 40.9 Å². The summed E-state index contributed by atoms with van der Waals surface area (Å²) in [6.45, 7) is 0. The van der Waals surface area contributed by atoms with Crippen LogP contribution in [-0.2, 0) is 0 Å². The molecule has 0 amide bonds. The molecule has 0 bridgehead atoms. The van der Waals surface area contributed by atoms with E-state index >= 15 is 0 Å². The first-order chi connectivity index (χ1) is 21.1. The van der Waals surface area contributed by atoms with Crippen molar-refractivity contribution < 1.29 is 40.9 Å². The van der Waals surface area contributed by atoms with Crippen molar-refractivity contribution in [2.75, 3.05) is 9.80 Å². The van der Waals surface area contributed by atoms with Crippen molar-refractivity contribution in [2.24, 2.45) is 0 Å². The molecule has 0 atom stereocenters. The summed E-state index contributed by atoms with van der Waals surface area (Å²) in [5, 5.41) is 76.5. The van der Waals surface area contributed by atoms with Gasteiger partial charge in [-0.25, -0.2) is 0 Å². The maximum absolute atomic E-state index is 9.57. The van der Waals surface area contributed by atoms with Crippen LogP contribution in [0.2, 0.25) is 0 Å². The van der Waals surface area contributed by atoms with Gasteiger partial charge < -0.3 is 50.7 Å². The minimum atomic E-state index is -1.61. The molecule has 0 fully saturated rings. The molecule has 10 heteroatoms. The van der Waals surface area contributed by atoms with Crippen LogP contribution in [0.1, 0.15) is 47.4 Å². The molecule has 0 aliphatic carbocycles. The van der Waals surface area contributed by atoms with Crippen LogP contribution in [0.4, 0.5) is 34.1 Å². The molecule has 5 aromatic carbocycles. The number of rotatable bonds is 10. The van der Waals surface area contributed by atoms with Gasteiger partial charge in [0.2, 0.25) is 0 Å². The van der Waals surface area contributed by atoms with Gasteiger partial charge in [0.15, 0.2) is 25.2 Å². The second-order valence-corrected chi connectivity index (χ2v) is 10.0. The molecule has 5 rings (SSSR count). The van der Waals surface area contributed by atoms with Gasteiger partial charge in [-0.1, -0.05) is 48.5 Å². The van der Waals surface area contributed by atoms with Crippen molar-refractivity contribution in [1.29, 1.82) is 0 Å². The fourth-order valence-corrected chi connectivity index (χ4v) is 4.83. The van der Waals surface area contributed by atoms with E-state index in [1.165, 1.54) is 0 Å². The molecular weight excluding hydrogens is 564 g/mol. The molecule has 0 spiro atoms. The van der Waals surface area contributed by atoms with Crippen LogP contribution in [0.15, 0.2) is 121 Å². The van der Waals surface area contributed by atoms with Gasteiger partial charge in [0.05, 0.1) is 0 Å². The first kappa shape index (κ1) is 30.8. The SMILES string of the molecule is OC(O)c1ccc(N(c2ccc(C(O)O)cc2)c2ccc(N(c3ccc(C(O)O)cc3)c3ccc(C(O)O)cc3)cc2)cc1. The molecule has 0 heterocycles. The summed E-state index contributed by atoms with van der Waals surface area (Å²) in [6.07, 6.45) is -6.45. The molecule has 0 saturated carbocycles. The third-order valence-electron chi connectivity index (χ3n) is 7.16. The van der Waals surface area contributed by atoms with Crippen LogP contribution in [0.5, 0.6) is 0 Å². The highest BCUT2D eigenvalue weighted by atomic mass is 16.5. The highest BCUT2D eigenvalue weighted by Crippen LogP contribution is 2.40. The number of anilines is 6. The molecule has 44 heavy (non-hydrogen) atoms. The lowest BCUT2D eigenvalue weighted by Crippen LogP contribution is -2.13. The normalized spacial score (nSPS) is 11.5. The fourth-order valence-electron chi connectivity index (χ4n) is 4.83. The first-order valence-electron chi connectivity index (χ1n) is 13.7. The van der Waals surface area contributed by atoms with Gasteiger partial charge in [0.25, 0.3) is 0 Å². The second kappa shape index (κ2) is 13.3. The number of hydrogen-bond acceptors (Lipinski definition) is 10. The van der Waals surface area contributed by atoms with Crippen molar-refractivity contribution in [3.8, 4) is 0 Å². The minimum Gasteiger partial charge on any atom is -0.364 e. The maximum Gasteiger partial charge on any atom is 0.178 e. The lowest BCUT2D eigenvalue weighted by molar-refractivity contribution is -0.0430. The van der Waals surface area contributed by atoms with E-state index in [0.29, 0.717) is 45.0 Å². The molecule has 5 aromatic rings. The number of nitrogens with zero attached hydrogens (tertiary/aromatic N) is 2. The first-order valence-corrected chi connectivity index (χ1v) is 13.7. The summed E-state index contributed by atoms with van der Waals surface area (Å²) in [7, 11) is 0. The zero-order chi connectivity index (χ0) is 31.4. The van der Waals surface area contributed by atoms with E-state index in [-0.39, 0.29) is 0 Å². The summed E-state index contributed by atoms with van der Waals surface area (Å²) in [5.74, 6) is 0. The van der Waals surface area contributed by atoms with Crippen molar-refractivity contribution in [1.82, 2.24) is 0 Å². The largest absolute Gasteiger partial charge is 0.364 e. The zero-order valence-corrected chi connectivity index (χ0v) is 23.3. The van der Waals surface area contributed by atoms with Gasteiger partial charge in [-0.05, 0) is 72.8 Å². The number of benzene rings is 5. The van der Waals surface area contributed by atoms with Crippen LogP contribution in [0, 0.1) is 0 Å². The van der Waals surface area contributed by atoms with Gasteiger partial charge in [0.1, 0.15) is 0 Å². The highest BCUT2D eigenvalue weighted by molar-refractivity contribution is 5.81. The molecule has 0 aliphatic heterocycles. The molecule has 0 radical (unpaired) electrons. The van der Waals surface area contributed by atoms with Crippen molar-refractivity contribution >= 4 is 34.1 Å². The average molecular weight is 597 g/mol. The monoisotopic (exact) mass is 596 g/mol. The number of hydrogen-bond donors (Lipinski definition) is 8. The molecule has 8 N–H and O–H groups in total. The molecule has 226 valence electrons. The Kier molecular flexibility index (Phi) is 9.35. The number of aliphatic hydroxyl groups excluding tert-OH is 4. The van der Waals surface area contributed by atoms with Gasteiger partial charge >= 0.3 is 0 Å². The minimum absolute atomic E-state index is 0.331. The zero-order valence-electron chi connectivity index (χ0n) is 23.3. The Morgan fingerprint density at radius 1 is 0.250 bits per heavy atom. The summed E-state index contributed by atoms with van der Waals surface area (Å²) < 4.78 is 0. The van der Waals surface area contributed by atoms with Gasteiger partial charge in [-0.15, -0.1) is 0 Å². The van der Waals surface area contributed by atoms with Crippen molar-refractivity contribution in [3.63, 3.8) is 0 Å². The predicted molar refractivity (Wildman–Crippen MR) is 165 cm³/mol. The quantitative estimate of drug-likeness (QED) is 0.107. The maximum atomic E-state index is 9.57. The van der Waals surface area contributed by atoms with Crippen molar-refractivity contribution in [2.45, 2.75) is 25.2 Å². The van der Waals surface area contributed by atoms with Crippen LogP contribution in [-0.4, -0.2) is 40.9 Å². The summed E-state index contributed by atoms with van der Waals surface area (Å²) in [5.41, 5.74) is 5.69. The Hall–Kier alpha value is -4.62. The molecule has 0 aromatic heterocycles. The average Bonchev–Trinajstić information content (AvgIpc) is 3.03. The van der Waals surface area contributed by atoms with E-state index in [1.54, 1.807) is 97.1 Å². The van der Waals surface area contributed by atoms with E-state index in [2.05, 4.69) is 0 Å². The van der Waals surface area contributed by atoms with E-state index < -0.39 is 25.2 Å². The number of aliphatic hydroxyl groups is 8. The molecule has 0 aliphatic rings. The Labute approximate surface area is 253 Å². The third kappa shape index (κ3) is 6.79. The van der Waals surface area contributed by atoms with Gasteiger partial charge in [-0.3, -0.25) is 0 Å². The Morgan fingerprint density at radius 3 is 0.523 bits per heavy atom. The predicted octanol–water partition coefficient (Wildman–Crippen LogP) is 4.56. The van der Waals surface area contributed by atoms with E-state index in [0.717, 1.165) is 11.4 Å². The lowest BCUT2D eigenvalue weighted by Gasteiger charge is -2.29. The van der Waals surface area contributed by atoms with Gasteiger partial charge in [0, 0.05) is 56.4 Å². The van der Waals surface area contributed by atoms with E-state index in [4.69, 9.17) is 0 Å². The van der Waals surface area contributed by atoms with Crippen LogP contribution in [0.25, 0.3) is 0 Å². The summed E-state index contributed by atoms with van der Waals surface area (Å²) in [6, 6.07) is 34.4. The van der Waals surface area contributed by atoms with E-state index in [1.807, 2.05) is 34.1 Å². The summed E-state index contributed by atoms with van der Waals surface area (Å²) in [4.78, 5) is 3.84. The highest BCUT2D eigenvalue weighted by Gasteiger charge is 2.18.